The van der Waals surface area contributed by atoms with Crippen molar-refractivity contribution >= 4 is 27.9 Å². The predicted octanol–water partition coefficient (Wildman–Crippen LogP) is 3.17. The molecule has 3 aliphatic heterocycles. The molecular weight excluding hydrogens is 633 g/mol. The van der Waals surface area contributed by atoms with Crippen LogP contribution in [0.3, 0.4) is 0 Å². The highest BCUT2D eigenvalue weighted by Gasteiger charge is 2.35. The van der Waals surface area contributed by atoms with Crippen molar-refractivity contribution in [3.63, 3.8) is 0 Å². The molecule has 0 spiro atoms. The molecule has 250 valence electrons. The van der Waals surface area contributed by atoms with E-state index in [1.165, 1.54) is 28.2 Å². The Hall–Kier alpha value is -2.37. The number of nitrogens with zero attached hydrogens (tertiary/aromatic N) is 5. The van der Waals surface area contributed by atoms with Gasteiger partial charge < -0.3 is 25.3 Å². The number of piperidine rings is 1. The molecule has 1 amide bonds. The van der Waals surface area contributed by atoms with E-state index in [1.54, 1.807) is 4.68 Å². The van der Waals surface area contributed by atoms with Gasteiger partial charge in [-0.2, -0.15) is 22.6 Å². The minimum Gasteiger partial charge on any atom is -0.465 e. The molecule has 2 saturated heterocycles. The molecule has 0 aliphatic carbocycles. The number of β-amino-alcohol motifs (C(OH)–C–C–N with tert-alkyl or cyclic N) is 1. The predicted molar refractivity (Wildman–Crippen MR) is 165 cm³/mol. The number of fused-ring (bicyclic) bond motifs is 1. The van der Waals surface area contributed by atoms with Gasteiger partial charge in [0.15, 0.2) is 0 Å². The summed E-state index contributed by atoms with van der Waals surface area (Å²) in [5.41, 5.74) is 1.57. The second-order valence-electron chi connectivity index (χ2n) is 12.1. The van der Waals surface area contributed by atoms with Crippen molar-refractivity contribution in [3.05, 3.63) is 35.0 Å². The molecular formula is C29H41F3N6O5S2. The van der Waals surface area contributed by atoms with E-state index >= 15 is 0 Å². The first-order valence-electron chi connectivity index (χ1n) is 15.3. The standard InChI is InChI=1S/C29H41F3N6O5S2/c1-45(42,43)37-13-8-25-23(19-37)27(34-38(25)18-22(39)17-36-11-6-21(7-12-36)33-28(40)41)20-4-5-24(29(30,31)32)26(16-20)44-15-14-35-9-2-3-10-35/h4-5,16,21-22,33,39H,2-3,6-15,17-19H2,1H3,(H,40,41). The maximum atomic E-state index is 14.0. The quantitative estimate of drug-likeness (QED) is 0.308. The number of benzene rings is 1. The number of thioether (sulfide) groups is 1. The molecule has 0 bridgehead atoms. The first-order chi connectivity index (χ1) is 21.3. The zero-order valence-corrected chi connectivity index (χ0v) is 26.9. The summed E-state index contributed by atoms with van der Waals surface area (Å²) in [6.45, 7) is 4.62. The topological polar surface area (TPSA) is 131 Å². The first kappa shape index (κ1) is 34.0. The molecule has 1 unspecified atom stereocenters. The summed E-state index contributed by atoms with van der Waals surface area (Å²) in [4.78, 5) is 15.4. The second kappa shape index (κ2) is 14.2. The van der Waals surface area contributed by atoms with Gasteiger partial charge in [0.1, 0.15) is 0 Å². The summed E-state index contributed by atoms with van der Waals surface area (Å²) in [5.74, 6) is 0.511. The van der Waals surface area contributed by atoms with Gasteiger partial charge in [-0.15, -0.1) is 11.8 Å². The molecule has 3 N–H and O–H groups in total. The van der Waals surface area contributed by atoms with Crippen LogP contribution in [-0.2, 0) is 35.7 Å². The Labute approximate surface area is 265 Å². The summed E-state index contributed by atoms with van der Waals surface area (Å²) < 4.78 is 69.9. The molecule has 2 fully saturated rings. The minimum absolute atomic E-state index is 0.0438. The average molecular weight is 675 g/mol. The van der Waals surface area contributed by atoms with Crippen LogP contribution in [0.1, 0.15) is 42.5 Å². The number of likely N-dealkylation sites (tertiary alicyclic amines) is 2. The summed E-state index contributed by atoms with van der Waals surface area (Å²) in [7, 11) is -3.53. The van der Waals surface area contributed by atoms with Gasteiger partial charge in [0.25, 0.3) is 0 Å². The molecule has 45 heavy (non-hydrogen) atoms. The van der Waals surface area contributed by atoms with E-state index in [0.29, 0.717) is 68.0 Å². The summed E-state index contributed by atoms with van der Waals surface area (Å²) in [5, 5.41) is 27.3. The largest absolute Gasteiger partial charge is 0.465 e. The lowest BCUT2D eigenvalue weighted by Crippen LogP contribution is -2.46. The van der Waals surface area contributed by atoms with Crippen LogP contribution in [0.25, 0.3) is 11.3 Å². The third kappa shape index (κ3) is 8.71. The number of rotatable bonds is 11. The van der Waals surface area contributed by atoms with Crippen molar-refractivity contribution < 1.29 is 36.6 Å². The van der Waals surface area contributed by atoms with E-state index in [0.717, 1.165) is 43.9 Å². The highest BCUT2D eigenvalue weighted by atomic mass is 32.2. The fourth-order valence-electron chi connectivity index (χ4n) is 6.44. The van der Waals surface area contributed by atoms with Crippen molar-refractivity contribution in [2.45, 2.75) is 68.4 Å². The lowest BCUT2D eigenvalue weighted by atomic mass is 10.0. The third-order valence-corrected chi connectivity index (χ3v) is 11.0. The summed E-state index contributed by atoms with van der Waals surface area (Å²) >= 11 is 1.17. The van der Waals surface area contributed by atoms with Crippen molar-refractivity contribution in [1.29, 1.82) is 0 Å². The minimum atomic E-state index is -4.53. The zero-order valence-electron chi connectivity index (χ0n) is 25.3. The molecule has 0 radical (unpaired) electrons. The number of nitrogens with one attached hydrogen (secondary N) is 1. The van der Waals surface area contributed by atoms with Crippen LogP contribution < -0.4 is 5.32 Å². The van der Waals surface area contributed by atoms with Crippen LogP contribution >= 0.6 is 11.8 Å². The first-order valence-corrected chi connectivity index (χ1v) is 18.1. The highest BCUT2D eigenvalue weighted by Crippen LogP contribution is 2.40. The molecule has 1 aromatic heterocycles. The normalized spacial score (nSPS) is 19.9. The number of amides is 1. The SMILES string of the molecule is CS(=O)(=O)N1CCc2c(c(-c3ccc(C(F)(F)F)c(SCCN4CCCC4)c3)nn2CC(O)CN2CCC(NC(=O)O)CC2)C1. The summed E-state index contributed by atoms with van der Waals surface area (Å²) in [6.07, 6.45) is -1.44. The molecule has 1 aromatic carbocycles. The lowest BCUT2D eigenvalue weighted by Gasteiger charge is -2.33. The van der Waals surface area contributed by atoms with Crippen molar-refractivity contribution in [3.8, 4) is 11.3 Å². The number of carboxylic acid groups (broad SMARTS) is 1. The summed E-state index contributed by atoms with van der Waals surface area (Å²) in [6, 6.07) is 3.86. The van der Waals surface area contributed by atoms with Crippen LogP contribution in [0.2, 0.25) is 0 Å². The van der Waals surface area contributed by atoms with E-state index in [9.17, 15) is 31.5 Å². The van der Waals surface area contributed by atoms with E-state index in [-0.39, 0.29) is 30.6 Å². The third-order valence-electron chi connectivity index (χ3n) is 8.76. The molecule has 0 saturated carbocycles. The number of aromatic nitrogens is 2. The van der Waals surface area contributed by atoms with Crippen LogP contribution in [0.15, 0.2) is 23.1 Å². The number of alkyl halides is 3. The highest BCUT2D eigenvalue weighted by molar-refractivity contribution is 7.99. The lowest BCUT2D eigenvalue weighted by molar-refractivity contribution is -0.139. The molecule has 11 nitrogen and oxygen atoms in total. The molecule has 2 aromatic rings. The maximum absolute atomic E-state index is 14.0. The smallest absolute Gasteiger partial charge is 0.417 e. The van der Waals surface area contributed by atoms with E-state index in [2.05, 4.69) is 15.1 Å². The van der Waals surface area contributed by atoms with Crippen LogP contribution in [0.4, 0.5) is 18.0 Å². The Kier molecular flexibility index (Phi) is 10.7. The Bertz CT molecular complexity index is 1460. The Morgan fingerprint density at radius 2 is 1.82 bits per heavy atom. The van der Waals surface area contributed by atoms with E-state index in [1.807, 2.05) is 0 Å². The number of carbonyl (C=O) groups is 1. The monoisotopic (exact) mass is 674 g/mol. The fourth-order valence-corrected chi connectivity index (χ4v) is 8.34. The van der Waals surface area contributed by atoms with Crippen LogP contribution in [0, 0.1) is 0 Å². The van der Waals surface area contributed by atoms with Crippen LogP contribution in [-0.4, -0.2) is 119 Å². The van der Waals surface area contributed by atoms with Gasteiger partial charge in [-0.1, -0.05) is 6.07 Å². The molecule has 5 rings (SSSR count). The number of sulfonamides is 1. The van der Waals surface area contributed by atoms with Gasteiger partial charge in [-0.25, -0.2) is 13.2 Å². The van der Waals surface area contributed by atoms with Gasteiger partial charge in [0.05, 0.1) is 30.2 Å². The number of aliphatic hydroxyl groups excluding tert-OH is 1. The zero-order chi connectivity index (χ0) is 32.4. The second-order valence-corrected chi connectivity index (χ2v) is 15.2. The fraction of sp³-hybridized carbons (Fsp3) is 0.655. The Morgan fingerprint density at radius 3 is 2.47 bits per heavy atom. The van der Waals surface area contributed by atoms with Crippen molar-refractivity contribution in [1.82, 2.24) is 29.2 Å². The molecule has 3 aliphatic rings. The van der Waals surface area contributed by atoms with Crippen molar-refractivity contribution in [2.24, 2.45) is 0 Å². The van der Waals surface area contributed by atoms with E-state index in [4.69, 9.17) is 10.2 Å². The van der Waals surface area contributed by atoms with Gasteiger partial charge >= 0.3 is 12.3 Å². The van der Waals surface area contributed by atoms with E-state index < -0.39 is 34.0 Å². The van der Waals surface area contributed by atoms with Crippen LogP contribution in [0.5, 0.6) is 0 Å². The molecule has 1 atom stereocenters. The van der Waals surface area contributed by atoms with Gasteiger partial charge in [0, 0.05) is 79.2 Å². The number of aliphatic hydroxyl groups is 1. The molecule has 4 heterocycles. The number of hydrogen-bond acceptors (Lipinski definition) is 8. The average Bonchev–Trinajstić information content (AvgIpc) is 3.61. The number of hydrogen-bond donors (Lipinski definition) is 3. The Balaban J connectivity index is 1.38. The van der Waals surface area contributed by atoms with Crippen molar-refractivity contribution in [2.75, 3.05) is 57.8 Å². The van der Waals surface area contributed by atoms with Gasteiger partial charge in [-0.05, 0) is 50.9 Å². The Morgan fingerprint density at radius 1 is 1.11 bits per heavy atom. The maximum Gasteiger partial charge on any atom is 0.417 e. The molecule has 16 heteroatoms. The van der Waals surface area contributed by atoms with Gasteiger partial charge in [-0.3, -0.25) is 4.68 Å². The number of halogens is 3. The van der Waals surface area contributed by atoms with Gasteiger partial charge in [0.2, 0.25) is 10.0 Å².